The van der Waals surface area contributed by atoms with Crippen molar-refractivity contribution in [3.8, 4) is 0 Å². The van der Waals surface area contributed by atoms with Crippen LogP contribution in [0, 0.1) is 20.8 Å². The highest BCUT2D eigenvalue weighted by molar-refractivity contribution is 6.06. The van der Waals surface area contributed by atoms with Crippen molar-refractivity contribution in [3.63, 3.8) is 0 Å². The van der Waals surface area contributed by atoms with Crippen molar-refractivity contribution < 1.29 is 13.6 Å². The zero-order valence-electron chi connectivity index (χ0n) is 14.9. The highest BCUT2D eigenvalue weighted by Gasteiger charge is 2.20. The number of hydrogen-bond acceptors (Lipinski definition) is 4. The minimum absolute atomic E-state index is 0.294. The third-order valence-electron chi connectivity index (χ3n) is 4.42. The summed E-state index contributed by atoms with van der Waals surface area (Å²) in [6, 6.07) is 9.47. The second-order valence-electron chi connectivity index (χ2n) is 6.42. The maximum Gasteiger partial charge on any atom is 0.292 e. The van der Waals surface area contributed by atoms with Gasteiger partial charge < -0.3 is 14.2 Å². The first kappa shape index (κ1) is 16.2. The minimum Gasteiger partial charge on any atom is -0.467 e. The van der Waals surface area contributed by atoms with Crippen LogP contribution in [0.1, 0.15) is 33.0 Å². The van der Waals surface area contributed by atoms with Gasteiger partial charge in [-0.05, 0) is 50.1 Å². The van der Waals surface area contributed by atoms with Crippen molar-refractivity contribution >= 4 is 22.7 Å². The molecule has 0 aliphatic carbocycles. The fourth-order valence-corrected chi connectivity index (χ4v) is 3.29. The molecule has 0 saturated carbocycles. The Bertz CT molecular complexity index is 1090. The number of aryl methyl sites for hydroxylation is 3. The summed E-state index contributed by atoms with van der Waals surface area (Å²) < 4.78 is 12.9. The van der Waals surface area contributed by atoms with E-state index in [9.17, 15) is 4.79 Å². The molecule has 0 bridgehead atoms. The van der Waals surface area contributed by atoms with Crippen LogP contribution in [0.3, 0.4) is 0 Å². The third kappa shape index (κ3) is 2.79. The molecule has 3 heterocycles. The van der Waals surface area contributed by atoms with E-state index in [1.54, 1.807) is 23.2 Å². The molecular weight excluding hydrogens is 330 g/mol. The van der Waals surface area contributed by atoms with Crippen LogP contribution in [0.2, 0.25) is 0 Å². The lowest BCUT2D eigenvalue weighted by Crippen LogP contribution is -2.16. The van der Waals surface area contributed by atoms with E-state index < -0.39 is 0 Å². The van der Waals surface area contributed by atoms with Crippen molar-refractivity contribution in [3.05, 3.63) is 71.0 Å². The number of nitrogens with one attached hydrogen (secondary N) is 1. The van der Waals surface area contributed by atoms with Crippen molar-refractivity contribution in [2.75, 3.05) is 5.32 Å². The van der Waals surface area contributed by atoms with Gasteiger partial charge in [0.2, 0.25) is 0 Å². The molecule has 1 N–H and O–H groups in total. The largest absolute Gasteiger partial charge is 0.467 e. The summed E-state index contributed by atoms with van der Waals surface area (Å²) in [4.78, 5) is 12.8. The van der Waals surface area contributed by atoms with E-state index in [2.05, 4.69) is 16.5 Å². The topological polar surface area (TPSA) is 73.2 Å². The van der Waals surface area contributed by atoms with E-state index >= 15 is 0 Å². The van der Waals surface area contributed by atoms with Gasteiger partial charge >= 0.3 is 0 Å². The van der Waals surface area contributed by atoms with E-state index in [1.807, 2.05) is 39.0 Å². The molecule has 0 saturated heterocycles. The number of amides is 1. The molecule has 6 heteroatoms. The average Bonchev–Trinajstić information content (AvgIpc) is 3.30. The average molecular weight is 349 g/mol. The Morgan fingerprint density at radius 1 is 1.23 bits per heavy atom. The van der Waals surface area contributed by atoms with Crippen molar-refractivity contribution in [2.45, 2.75) is 27.3 Å². The van der Waals surface area contributed by atoms with Crippen LogP contribution < -0.4 is 5.32 Å². The first-order valence-electron chi connectivity index (χ1n) is 8.39. The van der Waals surface area contributed by atoms with E-state index in [0.717, 1.165) is 33.4 Å². The van der Waals surface area contributed by atoms with Crippen LogP contribution in [-0.4, -0.2) is 15.7 Å². The molecule has 0 radical (unpaired) electrons. The molecule has 132 valence electrons. The van der Waals surface area contributed by atoms with Gasteiger partial charge in [0.15, 0.2) is 5.76 Å². The zero-order valence-corrected chi connectivity index (χ0v) is 14.9. The molecule has 4 rings (SSSR count). The number of hydrogen-bond donors (Lipinski definition) is 1. The summed E-state index contributed by atoms with van der Waals surface area (Å²) in [6.07, 6.45) is 3.25. The van der Waals surface area contributed by atoms with Gasteiger partial charge in [0, 0.05) is 17.0 Å². The summed E-state index contributed by atoms with van der Waals surface area (Å²) in [5, 5.41) is 8.11. The Balaban J connectivity index is 1.64. The first-order chi connectivity index (χ1) is 12.5. The molecule has 0 unspecified atom stereocenters. The standard InChI is InChI=1S/C20H19N3O3/c1-12-9-13(2)18-14(3)19(26-16(18)10-12)20(24)22-17-6-7-21-23(17)11-15-5-4-8-25-15/h4-10H,11H2,1-3H3,(H,22,24). The highest BCUT2D eigenvalue weighted by atomic mass is 16.3. The molecule has 0 aliphatic rings. The highest BCUT2D eigenvalue weighted by Crippen LogP contribution is 2.29. The van der Waals surface area contributed by atoms with Gasteiger partial charge in [0.05, 0.1) is 12.5 Å². The fraction of sp³-hybridized carbons (Fsp3) is 0.200. The molecule has 0 fully saturated rings. The lowest BCUT2D eigenvalue weighted by atomic mass is 10.0. The number of rotatable bonds is 4. The van der Waals surface area contributed by atoms with Crippen LogP contribution in [0.25, 0.3) is 11.0 Å². The smallest absolute Gasteiger partial charge is 0.292 e. The van der Waals surface area contributed by atoms with Gasteiger partial charge in [-0.25, -0.2) is 4.68 Å². The van der Waals surface area contributed by atoms with Gasteiger partial charge in [-0.3, -0.25) is 4.79 Å². The predicted molar refractivity (Wildman–Crippen MR) is 98.4 cm³/mol. The Morgan fingerprint density at radius 3 is 2.85 bits per heavy atom. The predicted octanol–water partition coefficient (Wildman–Crippen LogP) is 4.45. The number of benzene rings is 1. The summed E-state index contributed by atoms with van der Waals surface area (Å²) in [5.74, 6) is 1.37. The van der Waals surface area contributed by atoms with E-state index in [-0.39, 0.29) is 5.91 Å². The van der Waals surface area contributed by atoms with E-state index in [1.165, 1.54) is 0 Å². The maximum atomic E-state index is 12.8. The zero-order chi connectivity index (χ0) is 18.3. The second kappa shape index (κ2) is 6.22. The number of furan rings is 2. The van der Waals surface area contributed by atoms with Gasteiger partial charge in [0.25, 0.3) is 5.91 Å². The maximum absolute atomic E-state index is 12.8. The summed E-state index contributed by atoms with van der Waals surface area (Å²) in [5.41, 5.74) is 3.77. The number of anilines is 1. The third-order valence-corrected chi connectivity index (χ3v) is 4.42. The first-order valence-corrected chi connectivity index (χ1v) is 8.39. The van der Waals surface area contributed by atoms with Crippen LogP contribution in [0.15, 0.2) is 51.6 Å². The SMILES string of the molecule is Cc1cc(C)c2c(C)c(C(=O)Nc3ccnn3Cc3ccco3)oc2c1. The van der Waals surface area contributed by atoms with Crippen molar-refractivity contribution in [2.24, 2.45) is 0 Å². The van der Waals surface area contributed by atoms with Gasteiger partial charge in [-0.15, -0.1) is 0 Å². The molecule has 0 aliphatic heterocycles. The van der Waals surface area contributed by atoms with Crippen LogP contribution in [-0.2, 0) is 6.54 Å². The molecule has 0 spiro atoms. The molecule has 6 nitrogen and oxygen atoms in total. The Labute approximate surface area is 150 Å². The van der Waals surface area contributed by atoms with Gasteiger partial charge in [0.1, 0.15) is 23.7 Å². The summed E-state index contributed by atoms with van der Waals surface area (Å²) in [7, 11) is 0. The van der Waals surface area contributed by atoms with Crippen molar-refractivity contribution in [1.29, 1.82) is 0 Å². The molecule has 0 atom stereocenters. The molecular formula is C20H19N3O3. The number of nitrogens with zero attached hydrogens (tertiary/aromatic N) is 2. The van der Waals surface area contributed by atoms with Crippen molar-refractivity contribution in [1.82, 2.24) is 9.78 Å². The minimum atomic E-state index is -0.294. The summed E-state index contributed by atoms with van der Waals surface area (Å²) >= 11 is 0. The fourth-order valence-electron chi connectivity index (χ4n) is 3.29. The Kier molecular flexibility index (Phi) is 3.88. The quantitative estimate of drug-likeness (QED) is 0.591. The van der Waals surface area contributed by atoms with Crippen LogP contribution in [0.5, 0.6) is 0 Å². The van der Waals surface area contributed by atoms with Gasteiger partial charge in [-0.1, -0.05) is 6.07 Å². The lowest BCUT2D eigenvalue weighted by Gasteiger charge is -2.07. The van der Waals surface area contributed by atoms with E-state index in [0.29, 0.717) is 18.1 Å². The number of fused-ring (bicyclic) bond motifs is 1. The molecule has 1 aromatic carbocycles. The number of carbonyl (C=O) groups is 1. The van der Waals surface area contributed by atoms with Gasteiger partial charge in [-0.2, -0.15) is 5.10 Å². The monoisotopic (exact) mass is 349 g/mol. The second-order valence-corrected chi connectivity index (χ2v) is 6.42. The molecule has 3 aromatic heterocycles. The number of carbonyl (C=O) groups excluding carboxylic acids is 1. The number of aromatic nitrogens is 2. The summed E-state index contributed by atoms with van der Waals surface area (Å²) in [6.45, 7) is 6.38. The Morgan fingerprint density at radius 2 is 2.08 bits per heavy atom. The Hall–Kier alpha value is -3.28. The normalized spacial score (nSPS) is 11.2. The lowest BCUT2D eigenvalue weighted by molar-refractivity contribution is 0.0997. The van der Waals surface area contributed by atoms with Crippen LogP contribution in [0.4, 0.5) is 5.82 Å². The molecule has 4 aromatic rings. The van der Waals surface area contributed by atoms with E-state index in [4.69, 9.17) is 8.83 Å². The van der Waals surface area contributed by atoms with Crippen LogP contribution >= 0.6 is 0 Å². The molecule has 1 amide bonds. The molecule has 26 heavy (non-hydrogen) atoms.